The number of carboxylic acids is 1. The van der Waals surface area contributed by atoms with Crippen LogP contribution in [0.2, 0.25) is 5.02 Å². The molecule has 1 amide bonds. The highest BCUT2D eigenvalue weighted by Crippen LogP contribution is 2.26. The van der Waals surface area contributed by atoms with E-state index in [1.165, 1.54) is 16.7 Å². The van der Waals surface area contributed by atoms with E-state index >= 15 is 0 Å². The highest BCUT2D eigenvalue weighted by Gasteiger charge is 2.36. The van der Waals surface area contributed by atoms with E-state index in [2.05, 4.69) is 0 Å². The van der Waals surface area contributed by atoms with Gasteiger partial charge >= 0.3 is 5.97 Å². The Balaban J connectivity index is 2.31. The van der Waals surface area contributed by atoms with E-state index in [1.54, 1.807) is 16.8 Å². The topological polar surface area (TPSA) is 62.5 Å². The van der Waals surface area contributed by atoms with Crippen LogP contribution in [0.3, 0.4) is 0 Å². The van der Waals surface area contributed by atoms with Crippen molar-refractivity contribution in [1.29, 1.82) is 0 Å². The molecule has 1 saturated heterocycles. The zero-order valence-electron chi connectivity index (χ0n) is 10.7. The zero-order chi connectivity index (χ0) is 14.2. The van der Waals surface area contributed by atoms with Crippen LogP contribution in [0.5, 0.6) is 0 Å². The lowest BCUT2D eigenvalue weighted by Crippen LogP contribution is -2.42. The van der Waals surface area contributed by atoms with Crippen molar-refractivity contribution in [3.05, 3.63) is 23.0 Å². The van der Waals surface area contributed by atoms with Gasteiger partial charge in [-0.25, -0.2) is 4.79 Å². The summed E-state index contributed by atoms with van der Waals surface area (Å²) in [6, 6.07) is 0.919. The van der Waals surface area contributed by atoms with E-state index in [-0.39, 0.29) is 11.9 Å². The molecule has 1 aliphatic heterocycles. The molecule has 104 valence electrons. The fraction of sp³-hybridized carbons (Fsp3) is 0.500. The van der Waals surface area contributed by atoms with Crippen molar-refractivity contribution in [2.24, 2.45) is 0 Å². The Morgan fingerprint density at radius 2 is 2.21 bits per heavy atom. The number of carbonyl (C=O) groups excluding carboxylic acids is 1. The number of amides is 1. The molecule has 1 N–H and O–H groups in total. The molecule has 2 rings (SSSR count). The van der Waals surface area contributed by atoms with Gasteiger partial charge in [-0.15, -0.1) is 11.8 Å². The minimum Gasteiger partial charge on any atom is -0.480 e. The van der Waals surface area contributed by atoms with E-state index in [4.69, 9.17) is 16.7 Å². The number of hydrogen-bond donors (Lipinski definition) is 1. The summed E-state index contributed by atoms with van der Waals surface area (Å²) in [7, 11) is 0. The molecular formula is C12H15ClN2O3S. The molecule has 0 radical (unpaired) electrons. The second-order valence-corrected chi connectivity index (χ2v) is 6.11. The largest absolute Gasteiger partial charge is 0.480 e. The number of hydrogen-bond acceptors (Lipinski definition) is 3. The lowest BCUT2D eigenvalue weighted by molar-refractivity contribution is -0.140. The Morgan fingerprint density at radius 3 is 2.79 bits per heavy atom. The van der Waals surface area contributed by atoms with Gasteiger partial charge in [0, 0.05) is 18.0 Å². The summed E-state index contributed by atoms with van der Waals surface area (Å²) in [5, 5.41) is 9.61. The molecule has 7 heteroatoms. The number of carbonyl (C=O) groups is 2. The zero-order valence-corrected chi connectivity index (χ0v) is 12.2. The van der Waals surface area contributed by atoms with Crippen molar-refractivity contribution < 1.29 is 14.7 Å². The first kappa shape index (κ1) is 14.3. The maximum atomic E-state index is 12.5. The summed E-state index contributed by atoms with van der Waals surface area (Å²) < 4.78 is 1.77. The quantitative estimate of drug-likeness (QED) is 0.931. The minimum absolute atomic E-state index is 0.0879. The monoisotopic (exact) mass is 302 g/mol. The predicted octanol–water partition coefficient (Wildman–Crippen LogP) is 2.32. The van der Waals surface area contributed by atoms with Crippen LogP contribution in [-0.4, -0.2) is 44.1 Å². The number of thioether (sulfide) groups is 1. The SMILES string of the molecule is CC(C)n1cc(Cl)cc1C(=O)N1CSCC1C(=O)O. The summed E-state index contributed by atoms with van der Waals surface area (Å²) in [6.45, 7) is 3.89. The van der Waals surface area contributed by atoms with Crippen LogP contribution < -0.4 is 0 Å². The van der Waals surface area contributed by atoms with Crippen LogP contribution in [0.4, 0.5) is 0 Å². The Kier molecular flexibility index (Phi) is 4.10. The van der Waals surface area contributed by atoms with Crippen LogP contribution in [-0.2, 0) is 4.79 Å². The maximum absolute atomic E-state index is 12.5. The van der Waals surface area contributed by atoms with E-state index in [1.807, 2.05) is 13.8 Å². The van der Waals surface area contributed by atoms with Crippen LogP contribution in [0, 0.1) is 0 Å². The van der Waals surface area contributed by atoms with Crippen molar-refractivity contribution in [1.82, 2.24) is 9.47 Å². The average Bonchev–Trinajstić information content (AvgIpc) is 2.93. The van der Waals surface area contributed by atoms with Gasteiger partial charge in [0.05, 0.1) is 10.9 Å². The van der Waals surface area contributed by atoms with Crippen molar-refractivity contribution in [3.8, 4) is 0 Å². The normalized spacial score (nSPS) is 19.2. The molecule has 1 unspecified atom stereocenters. The van der Waals surface area contributed by atoms with Gasteiger partial charge in [0.25, 0.3) is 5.91 Å². The molecule has 1 fully saturated rings. The van der Waals surface area contributed by atoms with Crippen LogP contribution in [0.25, 0.3) is 0 Å². The summed E-state index contributed by atoms with van der Waals surface area (Å²) in [5.74, 6) is -0.418. The number of aliphatic carboxylic acids is 1. The lowest BCUT2D eigenvalue weighted by atomic mass is 10.2. The third-order valence-corrected chi connectivity index (χ3v) is 4.24. The van der Waals surface area contributed by atoms with Gasteiger partial charge in [-0.05, 0) is 19.9 Å². The van der Waals surface area contributed by atoms with Crippen molar-refractivity contribution in [2.45, 2.75) is 25.9 Å². The van der Waals surface area contributed by atoms with Gasteiger partial charge < -0.3 is 14.6 Å². The predicted molar refractivity (Wildman–Crippen MR) is 74.7 cm³/mol. The third-order valence-electron chi connectivity index (χ3n) is 3.02. The first-order valence-electron chi connectivity index (χ1n) is 5.90. The molecule has 19 heavy (non-hydrogen) atoms. The molecule has 0 aromatic carbocycles. The number of halogens is 1. The van der Waals surface area contributed by atoms with Crippen LogP contribution >= 0.6 is 23.4 Å². The van der Waals surface area contributed by atoms with E-state index < -0.39 is 12.0 Å². The number of aromatic nitrogens is 1. The Bertz CT molecular complexity index is 515. The molecule has 1 atom stereocenters. The highest BCUT2D eigenvalue weighted by atomic mass is 35.5. The summed E-state index contributed by atoms with van der Waals surface area (Å²) >= 11 is 7.39. The van der Waals surface area contributed by atoms with Crippen LogP contribution in [0.15, 0.2) is 12.3 Å². The average molecular weight is 303 g/mol. The van der Waals surface area contributed by atoms with Gasteiger partial charge in [-0.1, -0.05) is 11.6 Å². The molecule has 5 nitrogen and oxygen atoms in total. The Morgan fingerprint density at radius 1 is 1.53 bits per heavy atom. The molecule has 0 bridgehead atoms. The number of carboxylic acid groups (broad SMARTS) is 1. The van der Waals surface area contributed by atoms with Gasteiger partial charge in [0.1, 0.15) is 11.7 Å². The van der Waals surface area contributed by atoms with E-state index in [9.17, 15) is 9.59 Å². The van der Waals surface area contributed by atoms with Gasteiger partial charge in [0.15, 0.2) is 0 Å². The van der Waals surface area contributed by atoms with Crippen molar-refractivity contribution in [3.63, 3.8) is 0 Å². The van der Waals surface area contributed by atoms with Gasteiger partial charge in [0.2, 0.25) is 0 Å². The first-order chi connectivity index (χ1) is 8.91. The van der Waals surface area contributed by atoms with Gasteiger partial charge in [-0.2, -0.15) is 0 Å². The first-order valence-corrected chi connectivity index (χ1v) is 7.44. The lowest BCUT2D eigenvalue weighted by Gasteiger charge is -2.22. The molecule has 2 heterocycles. The van der Waals surface area contributed by atoms with E-state index in [0.717, 1.165) is 0 Å². The van der Waals surface area contributed by atoms with Crippen molar-refractivity contribution >= 4 is 35.2 Å². The highest BCUT2D eigenvalue weighted by molar-refractivity contribution is 7.99. The molecule has 0 saturated carbocycles. The smallest absolute Gasteiger partial charge is 0.327 e. The molecule has 1 aliphatic rings. The van der Waals surface area contributed by atoms with Gasteiger partial charge in [-0.3, -0.25) is 4.79 Å². The molecule has 1 aromatic rings. The molecule has 0 spiro atoms. The minimum atomic E-state index is -0.966. The fourth-order valence-corrected chi connectivity index (χ4v) is 3.39. The summed E-state index contributed by atoms with van der Waals surface area (Å²) in [4.78, 5) is 25.0. The maximum Gasteiger partial charge on any atom is 0.327 e. The molecule has 0 aliphatic carbocycles. The summed E-state index contributed by atoms with van der Waals surface area (Å²) in [5.41, 5.74) is 0.439. The van der Waals surface area contributed by atoms with Crippen molar-refractivity contribution in [2.75, 3.05) is 11.6 Å². The standard InChI is InChI=1S/C12H15ClN2O3S/c1-7(2)14-4-8(13)3-9(14)11(16)15-6-19-5-10(15)12(17)18/h3-4,7,10H,5-6H2,1-2H3,(H,17,18). The summed E-state index contributed by atoms with van der Waals surface area (Å²) in [6.07, 6.45) is 1.69. The number of rotatable bonds is 3. The van der Waals surface area contributed by atoms with E-state index in [0.29, 0.717) is 22.3 Å². The molecule has 1 aromatic heterocycles. The second kappa shape index (κ2) is 5.46. The third kappa shape index (κ3) is 2.74. The van der Waals surface area contributed by atoms with Crippen LogP contribution in [0.1, 0.15) is 30.4 Å². The Labute approximate surface area is 120 Å². The molecular weight excluding hydrogens is 288 g/mol. The number of nitrogens with zero attached hydrogens (tertiary/aromatic N) is 2. The Hall–Kier alpha value is -1.14. The second-order valence-electron chi connectivity index (χ2n) is 4.67. The fourth-order valence-electron chi connectivity index (χ4n) is 2.04.